The largest absolute Gasteiger partial charge is 0.416 e. The number of carbonyl (C=O) groups is 1. The highest BCUT2D eigenvalue weighted by Gasteiger charge is 2.33. The summed E-state index contributed by atoms with van der Waals surface area (Å²) in [5.74, 6) is -0.675. The van der Waals surface area contributed by atoms with E-state index in [4.69, 9.17) is 4.52 Å². The molecule has 32 heavy (non-hydrogen) atoms. The fourth-order valence-electron chi connectivity index (χ4n) is 2.64. The summed E-state index contributed by atoms with van der Waals surface area (Å²) in [6, 6.07) is 6.14. The van der Waals surface area contributed by atoms with Crippen LogP contribution >= 0.6 is 0 Å². The van der Waals surface area contributed by atoms with E-state index < -0.39 is 28.3 Å². The Bertz CT molecular complexity index is 1160. The number of nitrogens with one attached hydrogen (secondary N) is 2. The third-order valence-corrected chi connectivity index (χ3v) is 4.31. The molecule has 13 heteroatoms. The lowest BCUT2D eigenvalue weighted by molar-refractivity contribution is -0.384. The number of nitrogens with zero attached hydrogens (tertiary/aromatic N) is 3. The molecule has 0 saturated carbocycles. The van der Waals surface area contributed by atoms with Crippen molar-refractivity contribution >= 4 is 17.3 Å². The Labute approximate surface area is 177 Å². The summed E-state index contributed by atoms with van der Waals surface area (Å²) >= 11 is 0. The van der Waals surface area contributed by atoms with Gasteiger partial charge in [-0.15, -0.1) is 0 Å². The standard InChI is InChI=1S/C19H15F4N5O4/c1-10-8-11(2-4-13(10)20)18-24-17(32-27-18)7-6-16(29)26-25-14-5-3-12(19(21,22)23)9-15(14)28(30)31/h2-5,8-9,25H,6-7H2,1H3,(H,26,29). The van der Waals surface area contributed by atoms with Crippen LogP contribution in [0.1, 0.15) is 23.4 Å². The SMILES string of the molecule is Cc1cc(-c2noc(CCC(=O)NNc3ccc(C(F)(F)F)cc3[N+](=O)[O-])n2)ccc1F. The van der Waals surface area contributed by atoms with Crippen LogP contribution in [0.5, 0.6) is 0 Å². The van der Waals surface area contributed by atoms with Crippen molar-refractivity contribution in [1.29, 1.82) is 0 Å². The first-order valence-electron chi connectivity index (χ1n) is 9.04. The Kier molecular flexibility index (Phi) is 6.37. The Morgan fingerprint density at radius 2 is 1.97 bits per heavy atom. The summed E-state index contributed by atoms with van der Waals surface area (Å²) in [5.41, 5.74) is 2.98. The lowest BCUT2D eigenvalue weighted by Crippen LogP contribution is -2.30. The van der Waals surface area contributed by atoms with Gasteiger partial charge in [0.1, 0.15) is 11.5 Å². The number of nitro benzene ring substituents is 1. The summed E-state index contributed by atoms with van der Waals surface area (Å²) < 4.78 is 56.6. The zero-order valence-corrected chi connectivity index (χ0v) is 16.4. The predicted octanol–water partition coefficient (Wildman–Crippen LogP) is 4.19. The smallest absolute Gasteiger partial charge is 0.339 e. The van der Waals surface area contributed by atoms with E-state index in [1.807, 2.05) is 0 Å². The molecule has 0 unspecified atom stereocenters. The van der Waals surface area contributed by atoms with Crippen molar-refractivity contribution in [2.75, 3.05) is 5.43 Å². The number of anilines is 1. The molecule has 0 saturated heterocycles. The fraction of sp³-hybridized carbons (Fsp3) is 0.211. The maximum Gasteiger partial charge on any atom is 0.416 e. The number of carbonyl (C=O) groups excluding carboxylic acids is 1. The monoisotopic (exact) mass is 453 g/mol. The molecule has 168 valence electrons. The average molecular weight is 453 g/mol. The number of hydrogen-bond donors (Lipinski definition) is 2. The third-order valence-electron chi connectivity index (χ3n) is 4.31. The van der Waals surface area contributed by atoms with Gasteiger partial charge in [-0.3, -0.25) is 25.8 Å². The Morgan fingerprint density at radius 3 is 2.62 bits per heavy atom. The van der Waals surface area contributed by atoms with Gasteiger partial charge >= 0.3 is 6.18 Å². The maximum atomic E-state index is 13.4. The molecule has 1 aromatic heterocycles. The van der Waals surface area contributed by atoms with Crippen LogP contribution in [-0.4, -0.2) is 21.0 Å². The lowest BCUT2D eigenvalue weighted by atomic mass is 10.1. The fourth-order valence-corrected chi connectivity index (χ4v) is 2.64. The van der Waals surface area contributed by atoms with E-state index in [2.05, 4.69) is 21.0 Å². The minimum Gasteiger partial charge on any atom is -0.339 e. The highest BCUT2D eigenvalue weighted by atomic mass is 19.4. The van der Waals surface area contributed by atoms with Crippen LogP contribution in [0.4, 0.5) is 28.9 Å². The molecule has 3 aromatic rings. The first-order valence-corrected chi connectivity index (χ1v) is 9.04. The molecule has 1 amide bonds. The molecule has 3 rings (SSSR count). The molecule has 9 nitrogen and oxygen atoms in total. The second-order valence-corrected chi connectivity index (χ2v) is 6.64. The molecule has 0 aliphatic carbocycles. The molecular formula is C19H15F4N5O4. The molecule has 0 spiro atoms. The minimum atomic E-state index is -4.75. The summed E-state index contributed by atoms with van der Waals surface area (Å²) in [4.78, 5) is 26.2. The molecule has 1 heterocycles. The van der Waals surface area contributed by atoms with Gasteiger partial charge in [0.15, 0.2) is 0 Å². The van der Waals surface area contributed by atoms with E-state index in [0.29, 0.717) is 23.3 Å². The highest BCUT2D eigenvalue weighted by Crippen LogP contribution is 2.34. The van der Waals surface area contributed by atoms with Gasteiger partial charge < -0.3 is 4.52 Å². The number of rotatable bonds is 7. The van der Waals surface area contributed by atoms with Crippen molar-refractivity contribution in [2.24, 2.45) is 0 Å². The molecule has 0 radical (unpaired) electrons. The quantitative estimate of drug-likeness (QED) is 0.312. The van der Waals surface area contributed by atoms with Gasteiger partial charge in [0.05, 0.1) is 10.5 Å². The first kappa shape index (κ1) is 22.7. The Balaban J connectivity index is 1.59. The van der Waals surface area contributed by atoms with Gasteiger partial charge in [0.25, 0.3) is 5.69 Å². The molecule has 0 atom stereocenters. The zero-order valence-electron chi connectivity index (χ0n) is 16.4. The number of benzene rings is 2. The van der Waals surface area contributed by atoms with Crippen molar-refractivity contribution in [1.82, 2.24) is 15.6 Å². The van der Waals surface area contributed by atoms with E-state index >= 15 is 0 Å². The van der Waals surface area contributed by atoms with Crippen molar-refractivity contribution in [3.63, 3.8) is 0 Å². The third kappa shape index (κ3) is 5.36. The van der Waals surface area contributed by atoms with Gasteiger partial charge in [-0.2, -0.15) is 18.2 Å². The molecule has 0 aliphatic rings. The number of amides is 1. The zero-order chi connectivity index (χ0) is 23.5. The van der Waals surface area contributed by atoms with Crippen LogP contribution in [0.15, 0.2) is 40.9 Å². The molecule has 0 fully saturated rings. The van der Waals surface area contributed by atoms with Gasteiger partial charge in [-0.05, 0) is 42.8 Å². The van der Waals surface area contributed by atoms with Crippen molar-refractivity contribution < 1.29 is 31.8 Å². The summed E-state index contributed by atoms with van der Waals surface area (Å²) in [6.45, 7) is 1.58. The van der Waals surface area contributed by atoms with E-state index in [1.165, 1.54) is 18.2 Å². The highest BCUT2D eigenvalue weighted by molar-refractivity contribution is 5.78. The number of aryl methyl sites for hydroxylation is 2. The van der Waals surface area contributed by atoms with Crippen LogP contribution in [0.25, 0.3) is 11.4 Å². The Hall–Kier alpha value is -4.03. The predicted molar refractivity (Wildman–Crippen MR) is 103 cm³/mol. The van der Waals surface area contributed by atoms with Crippen LogP contribution in [0, 0.1) is 22.9 Å². The molecular weight excluding hydrogens is 438 g/mol. The van der Waals surface area contributed by atoms with Crippen LogP contribution in [0.2, 0.25) is 0 Å². The van der Waals surface area contributed by atoms with Crippen molar-refractivity contribution in [3.05, 3.63) is 69.3 Å². The van der Waals surface area contributed by atoms with E-state index in [1.54, 1.807) is 6.92 Å². The topological polar surface area (TPSA) is 123 Å². The number of hydrogen-bond acceptors (Lipinski definition) is 7. The number of nitro groups is 1. The second kappa shape index (κ2) is 8.99. The second-order valence-electron chi connectivity index (χ2n) is 6.64. The number of alkyl halides is 3. The Morgan fingerprint density at radius 1 is 1.22 bits per heavy atom. The van der Waals surface area contributed by atoms with Gasteiger partial charge in [0, 0.05) is 24.5 Å². The van der Waals surface area contributed by atoms with Crippen LogP contribution < -0.4 is 10.9 Å². The molecule has 2 N–H and O–H groups in total. The molecule has 0 aliphatic heterocycles. The summed E-state index contributed by atoms with van der Waals surface area (Å²) in [6.07, 6.45) is -4.89. The normalized spacial score (nSPS) is 11.3. The van der Waals surface area contributed by atoms with Crippen LogP contribution in [-0.2, 0) is 17.4 Å². The number of halogens is 4. The average Bonchev–Trinajstić information content (AvgIpc) is 3.21. The molecule has 2 aromatic carbocycles. The lowest BCUT2D eigenvalue weighted by Gasteiger charge is -2.11. The maximum absolute atomic E-state index is 13.4. The minimum absolute atomic E-state index is 0.0236. The van der Waals surface area contributed by atoms with E-state index in [9.17, 15) is 32.5 Å². The van der Waals surface area contributed by atoms with E-state index in [-0.39, 0.29) is 36.1 Å². The van der Waals surface area contributed by atoms with Crippen molar-refractivity contribution in [2.45, 2.75) is 25.9 Å². The van der Waals surface area contributed by atoms with Crippen LogP contribution in [0.3, 0.4) is 0 Å². The number of hydrazine groups is 1. The summed E-state index contributed by atoms with van der Waals surface area (Å²) in [7, 11) is 0. The number of aromatic nitrogens is 2. The summed E-state index contributed by atoms with van der Waals surface area (Å²) in [5, 5.41) is 14.8. The first-order chi connectivity index (χ1) is 15.0. The van der Waals surface area contributed by atoms with Crippen molar-refractivity contribution in [3.8, 4) is 11.4 Å². The van der Waals surface area contributed by atoms with E-state index in [0.717, 1.165) is 6.07 Å². The van der Waals surface area contributed by atoms with Gasteiger partial charge in [0.2, 0.25) is 17.6 Å². The molecule has 0 bridgehead atoms. The van der Waals surface area contributed by atoms with Gasteiger partial charge in [-0.25, -0.2) is 4.39 Å². The van der Waals surface area contributed by atoms with Gasteiger partial charge in [-0.1, -0.05) is 5.16 Å².